The van der Waals surface area contributed by atoms with Crippen LogP contribution in [-0.2, 0) is 0 Å². The number of hydrogen-bond donors (Lipinski definition) is 1. The van der Waals surface area contributed by atoms with Crippen molar-refractivity contribution in [3.63, 3.8) is 0 Å². The summed E-state index contributed by atoms with van der Waals surface area (Å²) in [6, 6.07) is 3.87. The summed E-state index contributed by atoms with van der Waals surface area (Å²) in [7, 11) is 1.63. The second-order valence-electron chi connectivity index (χ2n) is 5.01. The van der Waals surface area contributed by atoms with E-state index in [4.69, 9.17) is 0 Å². The van der Waals surface area contributed by atoms with Crippen LogP contribution < -0.4 is 5.32 Å². The monoisotopic (exact) mass is 262 g/mol. The van der Waals surface area contributed by atoms with Crippen LogP contribution in [0.3, 0.4) is 0 Å². The molecule has 0 spiro atoms. The lowest BCUT2D eigenvalue weighted by molar-refractivity contribution is 0.0958. The Labute approximate surface area is 116 Å². The molecule has 3 nitrogen and oxygen atoms in total. The quantitative estimate of drug-likeness (QED) is 0.722. The number of nitrogens with one attached hydrogen (secondary N) is 1. The number of amides is 1. The number of rotatable bonds is 8. The van der Waals surface area contributed by atoms with Gasteiger partial charge >= 0.3 is 0 Å². The van der Waals surface area contributed by atoms with Crippen molar-refractivity contribution in [2.75, 3.05) is 7.05 Å². The van der Waals surface area contributed by atoms with Gasteiger partial charge in [-0.05, 0) is 30.4 Å². The molecule has 0 aliphatic carbocycles. The van der Waals surface area contributed by atoms with Crippen LogP contribution >= 0.6 is 0 Å². The van der Waals surface area contributed by atoms with Gasteiger partial charge in [-0.3, -0.25) is 9.78 Å². The summed E-state index contributed by atoms with van der Waals surface area (Å²) in [6.45, 7) is 4.45. The van der Waals surface area contributed by atoms with Crippen LogP contribution in [0.1, 0.15) is 74.3 Å². The third kappa shape index (κ3) is 5.01. The maximum Gasteiger partial charge on any atom is 0.269 e. The zero-order valence-electron chi connectivity index (χ0n) is 12.4. The van der Waals surface area contributed by atoms with Gasteiger partial charge in [0, 0.05) is 13.2 Å². The maximum absolute atomic E-state index is 11.4. The summed E-state index contributed by atoms with van der Waals surface area (Å²) in [5, 5.41) is 2.59. The van der Waals surface area contributed by atoms with Crippen molar-refractivity contribution in [2.24, 2.45) is 0 Å². The molecule has 1 aromatic rings. The summed E-state index contributed by atoms with van der Waals surface area (Å²) in [5.41, 5.74) is 1.75. The molecule has 1 atom stereocenters. The summed E-state index contributed by atoms with van der Waals surface area (Å²) >= 11 is 0. The number of unbranched alkanes of at least 4 members (excludes halogenated alkanes) is 3. The molecule has 1 heterocycles. The normalized spacial score (nSPS) is 12.2. The summed E-state index contributed by atoms with van der Waals surface area (Å²) in [5.74, 6) is 0.450. The molecule has 1 amide bonds. The molecule has 1 N–H and O–H groups in total. The third-order valence-electron chi connectivity index (χ3n) is 3.62. The molecule has 0 fully saturated rings. The SMILES string of the molecule is CCCCCCC(CC)c1ccc(C(=O)NC)nc1. The minimum Gasteiger partial charge on any atom is -0.354 e. The lowest BCUT2D eigenvalue weighted by atomic mass is 9.92. The molecule has 1 rings (SSSR count). The molecular weight excluding hydrogens is 236 g/mol. The van der Waals surface area contributed by atoms with Crippen LogP contribution in [0.5, 0.6) is 0 Å². The van der Waals surface area contributed by atoms with E-state index in [9.17, 15) is 4.79 Å². The van der Waals surface area contributed by atoms with Gasteiger partial charge in [0.1, 0.15) is 5.69 Å². The molecule has 3 heteroatoms. The minimum absolute atomic E-state index is 0.123. The van der Waals surface area contributed by atoms with Crippen molar-refractivity contribution in [2.45, 2.75) is 58.3 Å². The molecule has 0 aliphatic heterocycles. The number of nitrogens with zero attached hydrogens (tertiary/aromatic N) is 1. The van der Waals surface area contributed by atoms with E-state index in [-0.39, 0.29) is 5.91 Å². The smallest absolute Gasteiger partial charge is 0.269 e. The summed E-state index contributed by atoms with van der Waals surface area (Å²) < 4.78 is 0. The first kappa shape index (κ1) is 15.7. The predicted molar refractivity (Wildman–Crippen MR) is 79.4 cm³/mol. The Kier molecular flexibility index (Phi) is 7.16. The lowest BCUT2D eigenvalue weighted by Gasteiger charge is -2.15. The number of carbonyl (C=O) groups excluding carboxylic acids is 1. The largest absolute Gasteiger partial charge is 0.354 e. The Morgan fingerprint density at radius 3 is 2.58 bits per heavy atom. The van der Waals surface area contributed by atoms with Crippen molar-refractivity contribution in [1.29, 1.82) is 0 Å². The average molecular weight is 262 g/mol. The average Bonchev–Trinajstić information content (AvgIpc) is 2.47. The Hall–Kier alpha value is -1.38. The van der Waals surface area contributed by atoms with Gasteiger partial charge in [0.05, 0.1) is 0 Å². The molecular formula is C16H26N2O. The van der Waals surface area contributed by atoms with Gasteiger partial charge in [-0.15, -0.1) is 0 Å². The standard InChI is InChI=1S/C16H26N2O/c1-4-6-7-8-9-13(5-2)14-10-11-15(18-12-14)16(19)17-3/h10-13H,4-9H2,1-3H3,(H,17,19). The second kappa shape index (κ2) is 8.68. The molecule has 1 unspecified atom stereocenters. The molecule has 0 radical (unpaired) electrons. The molecule has 0 aliphatic rings. The van der Waals surface area contributed by atoms with E-state index in [0.29, 0.717) is 11.6 Å². The topological polar surface area (TPSA) is 42.0 Å². The van der Waals surface area contributed by atoms with Gasteiger partial charge in [-0.25, -0.2) is 0 Å². The maximum atomic E-state index is 11.4. The van der Waals surface area contributed by atoms with Crippen molar-refractivity contribution >= 4 is 5.91 Å². The van der Waals surface area contributed by atoms with Crippen LogP contribution in [0.2, 0.25) is 0 Å². The van der Waals surface area contributed by atoms with Gasteiger partial charge in [-0.1, -0.05) is 45.6 Å². The van der Waals surface area contributed by atoms with Gasteiger partial charge in [0.15, 0.2) is 0 Å². The molecule has 19 heavy (non-hydrogen) atoms. The number of hydrogen-bond acceptors (Lipinski definition) is 2. The highest BCUT2D eigenvalue weighted by atomic mass is 16.1. The third-order valence-corrected chi connectivity index (χ3v) is 3.62. The summed E-state index contributed by atoms with van der Waals surface area (Å²) in [4.78, 5) is 15.7. The van der Waals surface area contributed by atoms with Crippen molar-refractivity contribution in [3.8, 4) is 0 Å². The van der Waals surface area contributed by atoms with Gasteiger partial charge in [0.2, 0.25) is 0 Å². The summed E-state index contributed by atoms with van der Waals surface area (Å²) in [6.07, 6.45) is 9.41. The van der Waals surface area contributed by atoms with Gasteiger partial charge in [-0.2, -0.15) is 0 Å². The fourth-order valence-electron chi connectivity index (χ4n) is 2.33. The van der Waals surface area contributed by atoms with E-state index < -0.39 is 0 Å². The minimum atomic E-state index is -0.123. The molecule has 1 aromatic heterocycles. The number of pyridine rings is 1. The second-order valence-corrected chi connectivity index (χ2v) is 5.01. The van der Waals surface area contributed by atoms with Crippen LogP contribution in [0.15, 0.2) is 18.3 Å². The molecule has 0 saturated heterocycles. The Balaban J connectivity index is 2.58. The van der Waals surface area contributed by atoms with Crippen molar-refractivity contribution < 1.29 is 4.79 Å². The van der Waals surface area contributed by atoms with E-state index in [2.05, 4.69) is 24.1 Å². The van der Waals surface area contributed by atoms with Gasteiger partial charge < -0.3 is 5.32 Å². The van der Waals surface area contributed by atoms with E-state index in [1.54, 1.807) is 7.05 Å². The van der Waals surface area contributed by atoms with E-state index in [1.807, 2.05) is 18.3 Å². The van der Waals surface area contributed by atoms with E-state index in [0.717, 1.165) is 6.42 Å². The number of carbonyl (C=O) groups is 1. The predicted octanol–water partition coefficient (Wildman–Crippen LogP) is 3.91. The van der Waals surface area contributed by atoms with Gasteiger partial charge in [0.25, 0.3) is 5.91 Å². The highest BCUT2D eigenvalue weighted by molar-refractivity contribution is 5.91. The highest BCUT2D eigenvalue weighted by Gasteiger charge is 2.11. The zero-order valence-corrected chi connectivity index (χ0v) is 12.4. The zero-order chi connectivity index (χ0) is 14.1. The molecule has 106 valence electrons. The van der Waals surface area contributed by atoms with Crippen LogP contribution in [0, 0.1) is 0 Å². The Morgan fingerprint density at radius 2 is 2.05 bits per heavy atom. The van der Waals surface area contributed by atoms with Crippen LogP contribution in [0.4, 0.5) is 0 Å². The van der Waals surface area contributed by atoms with Crippen molar-refractivity contribution in [1.82, 2.24) is 10.3 Å². The first-order valence-corrected chi connectivity index (χ1v) is 7.40. The Morgan fingerprint density at radius 1 is 1.26 bits per heavy atom. The first-order chi connectivity index (χ1) is 9.22. The number of aromatic nitrogens is 1. The van der Waals surface area contributed by atoms with Crippen LogP contribution in [0.25, 0.3) is 0 Å². The fraction of sp³-hybridized carbons (Fsp3) is 0.625. The Bertz CT molecular complexity index is 373. The highest BCUT2D eigenvalue weighted by Crippen LogP contribution is 2.25. The van der Waals surface area contributed by atoms with Crippen molar-refractivity contribution in [3.05, 3.63) is 29.6 Å². The molecule has 0 bridgehead atoms. The van der Waals surface area contributed by atoms with Crippen LogP contribution in [-0.4, -0.2) is 17.9 Å². The van der Waals surface area contributed by atoms with E-state index in [1.165, 1.54) is 37.7 Å². The molecule has 0 aromatic carbocycles. The first-order valence-electron chi connectivity index (χ1n) is 7.40. The lowest BCUT2D eigenvalue weighted by Crippen LogP contribution is -2.19. The molecule has 0 saturated carbocycles. The fourth-order valence-corrected chi connectivity index (χ4v) is 2.33. The van der Waals surface area contributed by atoms with E-state index >= 15 is 0 Å².